The fourth-order valence-electron chi connectivity index (χ4n) is 4.76. The Balaban J connectivity index is 1.60. The molecule has 1 aromatic heterocycles. The standard InChI is InChI=1S/C21H26N2OS/c1-16-8-9-19(25-16)14-22-12-10-21(18-6-4-3-5-7-18)11-13-23(17(2)24)20(21)15-22/h3-9,20H,10-15H2,1-2H3. The summed E-state index contributed by atoms with van der Waals surface area (Å²) in [6.07, 6.45) is 2.23. The maximum absolute atomic E-state index is 12.3. The smallest absolute Gasteiger partial charge is 0.219 e. The van der Waals surface area contributed by atoms with Crippen LogP contribution in [0.3, 0.4) is 0 Å². The van der Waals surface area contributed by atoms with Crippen LogP contribution in [0.15, 0.2) is 42.5 Å². The first kappa shape index (κ1) is 16.8. The lowest BCUT2D eigenvalue weighted by Crippen LogP contribution is -2.56. The summed E-state index contributed by atoms with van der Waals surface area (Å²) >= 11 is 1.89. The van der Waals surface area contributed by atoms with E-state index in [2.05, 4.69) is 59.2 Å². The molecule has 0 radical (unpaired) electrons. The van der Waals surface area contributed by atoms with Crippen LogP contribution < -0.4 is 0 Å². The van der Waals surface area contributed by atoms with E-state index in [1.54, 1.807) is 6.92 Å². The lowest BCUT2D eigenvalue weighted by atomic mass is 9.69. The Morgan fingerprint density at radius 3 is 2.60 bits per heavy atom. The second-order valence-corrected chi connectivity index (χ2v) is 8.87. The molecular weight excluding hydrogens is 328 g/mol. The molecule has 2 aliphatic rings. The molecule has 2 fully saturated rings. The van der Waals surface area contributed by atoms with E-state index in [0.29, 0.717) is 6.04 Å². The molecule has 0 aliphatic carbocycles. The highest BCUT2D eigenvalue weighted by molar-refractivity contribution is 7.11. The first-order chi connectivity index (χ1) is 12.1. The molecule has 2 aliphatic heterocycles. The zero-order valence-corrected chi connectivity index (χ0v) is 15.9. The number of likely N-dealkylation sites (tertiary alicyclic amines) is 2. The number of fused-ring (bicyclic) bond motifs is 1. The van der Waals surface area contributed by atoms with Crippen molar-refractivity contribution >= 4 is 17.2 Å². The van der Waals surface area contributed by atoms with Crippen molar-refractivity contribution in [3.63, 3.8) is 0 Å². The Morgan fingerprint density at radius 2 is 1.92 bits per heavy atom. The van der Waals surface area contributed by atoms with E-state index in [9.17, 15) is 4.79 Å². The van der Waals surface area contributed by atoms with Gasteiger partial charge in [0.05, 0.1) is 6.04 Å². The number of piperidine rings is 1. The molecule has 1 aromatic carbocycles. The number of benzene rings is 1. The molecule has 0 bridgehead atoms. The van der Waals surface area contributed by atoms with Crippen LogP contribution in [-0.2, 0) is 16.8 Å². The lowest BCUT2D eigenvalue weighted by Gasteiger charge is -2.46. The molecule has 0 spiro atoms. The molecule has 132 valence electrons. The first-order valence-electron chi connectivity index (χ1n) is 9.19. The van der Waals surface area contributed by atoms with Gasteiger partial charge in [-0.25, -0.2) is 0 Å². The van der Waals surface area contributed by atoms with Gasteiger partial charge >= 0.3 is 0 Å². The van der Waals surface area contributed by atoms with Gasteiger partial charge in [0.2, 0.25) is 5.91 Å². The molecule has 0 N–H and O–H groups in total. The third kappa shape index (κ3) is 3.02. The summed E-state index contributed by atoms with van der Waals surface area (Å²) in [4.78, 5) is 19.7. The number of hydrogen-bond acceptors (Lipinski definition) is 3. The van der Waals surface area contributed by atoms with Crippen molar-refractivity contribution in [2.24, 2.45) is 0 Å². The van der Waals surface area contributed by atoms with E-state index in [1.807, 2.05) is 11.3 Å². The van der Waals surface area contributed by atoms with Crippen molar-refractivity contribution in [3.05, 3.63) is 57.8 Å². The fraction of sp³-hybridized carbons (Fsp3) is 0.476. The van der Waals surface area contributed by atoms with Crippen LogP contribution in [0.25, 0.3) is 0 Å². The molecule has 3 heterocycles. The van der Waals surface area contributed by atoms with Gasteiger partial charge in [-0.3, -0.25) is 9.69 Å². The van der Waals surface area contributed by atoms with Gasteiger partial charge < -0.3 is 4.90 Å². The van der Waals surface area contributed by atoms with Crippen molar-refractivity contribution in [2.75, 3.05) is 19.6 Å². The summed E-state index contributed by atoms with van der Waals surface area (Å²) in [5, 5.41) is 0. The highest BCUT2D eigenvalue weighted by Crippen LogP contribution is 2.46. The number of carbonyl (C=O) groups is 1. The highest BCUT2D eigenvalue weighted by atomic mass is 32.1. The number of hydrogen-bond donors (Lipinski definition) is 0. The number of amides is 1. The highest BCUT2D eigenvalue weighted by Gasteiger charge is 2.51. The number of carbonyl (C=O) groups excluding carboxylic acids is 1. The van der Waals surface area contributed by atoms with Crippen LogP contribution >= 0.6 is 11.3 Å². The average Bonchev–Trinajstić information content (AvgIpc) is 3.20. The molecule has 25 heavy (non-hydrogen) atoms. The Hall–Kier alpha value is -1.65. The molecule has 3 nitrogen and oxygen atoms in total. The van der Waals surface area contributed by atoms with Crippen LogP contribution in [0.1, 0.15) is 35.1 Å². The van der Waals surface area contributed by atoms with E-state index < -0.39 is 0 Å². The predicted molar refractivity (Wildman–Crippen MR) is 103 cm³/mol. The topological polar surface area (TPSA) is 23.6 Å². The third-order valence-corrected chi connectivity index (χ3v) is 7.03. The van der Waals surface area contributed by atoms with Crippen molar-refractivity contribution in [3.8, 4) is 0 Å². The monoisotopic (exact) mass is 354 g/mol. The van der Waals surface area contributed by atoms with Crippen molar-refractivity contribution in [1.29, 1.82) is 0 Å². The van der Waals surface area contributed by atoms with Crippen LogP contribution in [0, 0.1) is 6.92 Å². The van der Waals surface area contributed by atoms with Crippen LogP contribution in [0.4, 0.5) is 0 Å². The largest absolute Gasteiger partial charge is 0.338 e. The minimum Gasteiger partial charge on any atom is -0.338 e. The van der Waals surface area contributed by atoms with Crippen LogP contribution in [0.2, 0.25) is 0 Å². The number of nitrogens with zero attached hydrogens (tertiary/aromatic N) is 2. The van der Waals surface area contributed by atoms with Gasteiger partial charge in [-0.15, -0.1) is 11.3 Å². The quantitative estimate of drug-likeness (QED) is 0.836. The number of thiophene rings is 1. The van der Waals surface area contributed by atoms with E-state index in [4.69, 9.17) is 0 Å². The van der Waals surface area contributed by atoms with E-state index >= 15 is 0 Å². The Kier molecular flexibility index (Phi) is 4.42. The van der Waals surface area contributed by atoms with Crippen LogP contribution in [0.5, 0.6) is 0 Å². The zero-order chi connectivity index (χ0) is 17.4. The summed E-state index contributed by atoms with van der Waals surface area (Å²) in [7, 11) is 0. The SMILES string of the molecule is CC(=O)N1CCC2(c3ccccc3)CCN(Cc3ccc(C)s3)CC12. The molecule has 4 heteroatoms. The fourth-order valence-corrected chi connectivity index (χ4v) is 5.69. The van der Waals surface area contributed by atoms with Gasteiger partial charge in [-0.05, 0) is 44.0 Å². The van der Waals surface area contributed by atoms with Gasteiger partial charge in [0.15, 0.2) is 0 Å². The summed E-state index contributed by atoms with van der Waals surface area (Å²) in [5.74, 6) is 0.219. The minimum absolute atomic E-state index is 0.134. The Bertz CT molecular complexity index is 756. The van der Waals surface area contributed by atoms with Crippen LogP contribution in [-0.4, -0.2) is 41.4 Å². The summed E-state index contributed by atoms with van der Waals surface area (Å²) in [5.41, 5.74) is 1.55. The van der Waals surface area contributed by atoms with Gasteiger partial charge in [-0.2, -0.15) is 0 Å². The predicted octanol–water partition coefficient (Wildman–Crippen LogP) is 3.82. The second-order valence-electron chi connectivity index (χ2n) is 7.50. The normalized spacial score (nSPS) is 26.6. The molecule has 4 rings (SSSR count). The molecule has 2 aromatic rings. The van der Waals surface area contributed by atoms with E-state index in [0.717, 1.165) is 39.0 Å². The third-order valence-electron chi connectivity index (χ3n) is 6.05. The Morgan fingerprint density at radius 1 is 1.16 bits per heavy atom. The summed E-state index contributed by atoms with van der Waals surface area (Å²) in [6, 6.07) is 15.6. The maximum Gasteiger partial charge on any atom is 0.219 e. The molecule has 2 atom stereocenters. The van der Waals surface area contributed by atoms with Gasteiger partial charge in [0.1, 0.15) is 0 Å². The van der Waals surface area contributed by atoms with Gasteiger partial charge in [0.25, 0.3) is 0 Å². The molecule has 1 amide bonds. The van der Waals surface area contributed by atoms with E-state index in [1.165, 1.54) is 15.3 Å². The Labute approximate surface area is 154 Å². The lowest BCUT2D eigenvalue weighted by molar-refractivity contribution is -0.131. The van der Waals surface area contributed by atoms with Gasteiger partial charge in [-0.1, -0.05) is 30.3 Å². The molecule has 0 saturated carbocycles. The average molecular weight is 355 g/mol. The van der Waals surface area contributed by atoms with E-state index in [-0.39, 0.29) is 11.3 Å². The number of rotatable bonds is 3. The maximum atomic E-state index is 12.3. The molecule has 2 unspecified atom stereocenters. The zero-order valence-electron chi connectivity index (χ0n) is 15.1. The molecular formula is C21H26N2OS. The van der Waals surface area contributed by atoms with Crippen molar-refractivity contribution in [2.45, 2.75) is 44.7 Å². The summed E-state index contributed by atoms with van der Waals surface area (Å²) in [6.45, 7) is 7.87. The second kappa shape index (κ2) is 6.58. The first-order valence-corrected chi connectivity index (χ1v) is 10.0. The summed E-state index contributed by atoms with van der Waals surface area (Å²) < 4.78 is 0. The minimum atomic E-state index is 0.134. The van der Waals surface area contributed by atoms with Crippen molar-refractivity contribution in [1.82, 2.24) is 9.80 Å². The van der Waals surface area contributed by atoms with Gasteiger partial charge in [0, 0.05) is 41.7 Å². The molecule has 2 saturated heterocycles. The van der Waals surface area contributed by atoms with Crippen molar-refractivity contribution < 1.29 is 4.79 Å². The number of aryl methyl sites for hydroxylation is 1.